The Bertz CT molecular complexity index is 815. The van der Waals surface area contributed by atoms with Crippen LogP contribution < -0.4 is 10.9 Å². The highest BCUT2D eigenvalue weighted by Gasteiger charge is 2.25. The maximum Gasteiger partial charge on any atom is 0.267 e. The van der Waals surface area contributed by atoms with Gasteiger partial charge in [0.05, 0.1) is 16.9 Å². The first-order valence-corrected chi connectivity index (χ1v) is 7.04. The van der Waals surface area contributed by atoms with Crippen molar-refractivity contribution in [3.63, 3.8) is 0 Å². The van der Waals surface area contributed by atoms with Crippen LogP contribution in [-0.2, 0) is 11.3 Å². The third-order valence-electron chi connectivity index (χ3n) is 3.50. The minimum absolute atomic E-state index is 0.168. The van der Waals surface area contributed by atoms with Crippen LogP contribution in [0.5, 0.6) is 0 Å². The zero-order valence-electron chi connectivity index (χ0n) is 11.8. The number of para-hydroxylation sites is 1. The van der Waals surface area contributed by atoms with Crippen molar-refractivity contribution in [2.45, 2.75) is 25.3 Å². The summed E-state index contributed by atoms with van der Waals surface area (Å²) in [5, 5.41) is 15.9. The number of nitrogens with one attached hydrogen (secondary N) is 1. The van der Waals surface area contributed by atoms with Gasteiger partial charge in [-0.1, -0.05) is 12.1 Å². The second-order valence-electron chi connectivity index (χ2n) is 5.23. The van der Waals surface area contributed by atoms with E-state index in [-0.39, 0.29) is 18.0 Å². The van der Waals surface area contributed by atoms with E-state index in [1.807, 2.05) is 6.07 Å². The fourth-order valence-electron chi connectivity index (χ4n) is 2.19. The molecule has 1 fully saturated rings. The van der Waals surface area contributed by atoms with Crippen LogP contribution in [-0.4, -0.2) is 15.7 Å². The Hall–Kier alpha value is -2.94. The van der Waals surface area contributed by atoms with Gasteiger partial charge in [-0.05, 0) is 31.0 Å². The number of anilines is 1. The van der Waals surface area contributed by atoms with Gasteiger partial charge in [-0.3, -0.25) is 9.59 Å². The lowest BCUT2D eigenvalue weighted by molar-refractivity contribution is -0.117. The Balaban J connectivity index is 1.76. The third-order valence-corrected chi connectivity index (χ3v) is 3.50. The zero-order valence-corrected chi connectivity index (χ0v) is 11.8. The fraction of sp³-hybridized carbons (Fsp3) is 0.250. The average Bonchev–Trinajstić information content (AvgIpc) is 3.35. The van der Waals surface area contributed by atoms with E-state index in [9.17, 15) is 9.59 Å². The van der Waals surface area contributed by atoms with Gasteiger partial charge in [-0.15, -0.1) is 0 Å². The lowest BCUT2D eigenvalue weighted by Crippen LogP contribution is -2.29. The molecular weight excluding hydrogens is 280 g/mol. The van der Waals surface area contributed by atoms with Crippen LogP contribution in [0.4, 0.5) is 5.69 Å². The summed E-state index contributed by atoms with van der Waals surface area (Å²) >= 11 is 0. The average molecular weight is 294 g/mol. The summed E-state index contributed by atoms with van der Waals surface area (Å²) in [5.41, 5.74) is 1.35. The number of nitriles is 1. The Morgan fingerprint density at radius 3 is 2.82 bits per heavy atom. The molecule has 1 saturated carbocycles. The van der Waals surface area contributed by atoms with Crippen LogP contribution in [0, 0.1) is 11.3 Å². The number of rotatable bonds is 4. The number of hydrogen-bond acceptors (Lipinski definition) is 4. The molecule has 0 bridgehead atoms. The largest absolute Gasteiger partial charge is 0.323 e. The molecule has 0 radical (unpaired) electrons. The highest BCUT2D eigenvalue weighted by atomic mass is 16.2. The number of carbonyl (C=O) groups excluding carboxylic acids is 1. The van der Waals surface area contributed by atoms with Crippen molar-refractivity contribution in [2.75, 3.05) is 5.32 Å². The van der Waals surface area contributed by atoms with Gasteiger partial charge < -0.3 is 5.32 Å². The summed E-state index contributed by atoms with van der Waals surface area (Å²) in [6.45, 7) is -0.168. The monoisotopic (exact) mass is 294 g/mol. The zero-order chi connectivity index (χ0) is 15.5. The molecule has 0 unspecified atom stereocenters. The summed E-state index contributed by atoms with van der Waals surface area (Å²) in [5.74, 6) is 0.0273. The van der Waals surface area contributed by atoms with Gasteiger partial charge in [0.1, 0.15) is 12.6 Å². The van der Waals surface area contributed by atoms with E-state index in [2.05, 4.69) is 10.4 Å². The molecule has 0 spiro atoms. The van der Waals surface area contributed by atoms with E-state index >= 15 is 0 Å². The second-order valence-corrected chi connectivity index (χ2v) is 5.23. The van der Waals surface area contributed by atoms with E-state index in [0.29, 0.717) is 17.2 Å². The van der Waals surface area contributed by atoms with Crippen LogP contribution >= 0.6 is 0 Å². The van der Waals surface area contributed by atoms with Crippen molar-refractivity contribution in [1.29, 1.82) is 5.26 Å². The van der Waals surface area contributed by atoms with Gasteiger partial charge in [0.15, 0.2) is 0 Å². The van der Waals surface area contributed by atoms with Crippen LogP contribution in [0.3, 0.4) is 0 Å². The number of aromatic nitrogens is 2. The molecule has 1 aromatic carbocycles. The van der Waals surface area contributed by atoms with Gasteiger partial charge >= 0.3 is 0 Å². The summed E-state index contributed by atoms with van der Waals surface area (Å²) in [6.07, 6.45) is 2.15. The SMILES string of the molecule is N#Cc1ccccc1NC(=O)Cn1nc(C2CC2)ccc1=O. The molecule has 0 aliphatic heterocycles. The van der Waals surface area contributed by atoms with Crippen LogP contribution in [0.15, 0.2) is 41.2 Å². The minimum atomic E-state index is -0.384. The summed E-state index contributed by atoms with van der Waals surface area (Å²) in [7, 11) is 0. The van der Waals surface area contributed by atoms with Crippen molar-refractivity contribution in [2.24, 2.45) is 0 Å². The molecule has 1 aromatic heterocycles. The van der Waals surface area contributed by atoms with Crippen molar-refractivity contribution in [1.82, 2.24) is 9.78 Å². The van der Waals surface area contributed by atoms with Crippen molar-refractivity contribution in [3.05, 3.63) is 58.0 Å². The van der Waals surface area contributed by atoms with Gasteiger partial charge in [0, 0.05) is 12.0 Å². The molecule has 1 aliphatic carbocycles. The number of nitrogens with zero attached hydrogens (tertiary/aromatic N) is 3. The molecule has 1 N–H and O–H groups in total. The molecule has 0 saturated heterocycles. The topological polar surface area (TPSA) is 87.8 Å². The fourth-order valence-corrected chi connectivity index (χ4v) is 2.19. The minimum Gasteiger partial charge on any atom is -0.323 e. The van der Waals surface area contributed by atoms with Crippen LogP contribution in [0.25, 0.3) is 0 Å². The second kappa shape index (κ2) is 5.82. The Morgan fingerprint density at radius 1 is 1.32 bits per heavy atom. The summed E-state index contributed by atoms with van der Waals surface area (Å²) in [4.78, 5) is 23.9. The molecule has 3 rings (SSSR count). The Morgan fingerprint density at radius 2 is 2.09 bits per heavy atom. The van der Waals surface area contributed by atoms with Crippen LogP contribution in [0.2, 0.25) is 0 Å². The number of benzene rings is 1. The van der Waals surface area contributed by atoms with Crippen molar-refractivity contribution in [3.8, 4) is 6.07 Å². The van der Waals surface area contributed by atoms with E-state index in [0.717, 1.165) is 23.2 Å². The number of carbonyl (C=O) groups is 1. The molecule has 1 heterocycles. The Kier molecular flexibility index (Phi) is 3.71. The van der Waals surface area contributed by atoms with Gasteiger partial charge in [0.25, 0.3) is 5.56 Å². The normalized spacial score (nSPS) is 13.4. The summed E-state index contributed by atoms with van der Waals surface area (Å²) in [6, 6.07) is 11.9. The molecule has 6 heteroatoms. The molecule has 110 valence electrons. The predicted molar refractivity (Wildman–Crippen MR) is 80.3 cm³/mol. The van der Waals surface area contributed by atoms with E-state index in [1.54, 1.807) is 30.3 Å². The highest BCUT2D eigenvalue weighted by molar-refractivity contribution is 5.91. The Labute approximate surface area is 127 Å². The lowest BCUT2D eigenvalue weighted by Gasteiger charge is -2.08. The number of hydrogen-bond donors (Lipinski definition) is 1. The molecule has 22 heavy (non-hydrogen) atoms. The predicted octanol–water partition coefficient (Wildman–Crippen LogP) is 1.63. The maximum absolute atomic E-state index is 12.1. The quantitative estimate of drug-likeness (QED) is 0.928. The molecule has 1 amide bonds. The molecule has 0 atom stereocenters. The van der Waals surface area contributed by atoms with Gasteiger partial charge in [-0.25, -0.2) is 4.68 Å². The first-order valence-electron chi connectivity index (χ1n) is 7.04. The molecule has 6 nitrogen and oxygen atoms in total. The van der Waals surface area contributed by atoms with E-state index < -0.39 is 0 Å². The van der Waals surface area contributed by atoms with Gasteiger partial charge in [-0.2, -0.15) is 10.4 Å². The molecular formula is C16H14N4O2. The first-order chi connectivity index (χ1) is 10.7. The third kappa shape index (κ3) is 3.04. The number of amides is 1. The van der Waals surface area contributed by atoms with Crippen molar-refractivity contribution < 1.29 is 4.79 Å². The van der Waals surface area contributed by atoms with E-state index in [4.69, 9.17) is 5.26 Å². The lowest BCUT2D eigenvalue weighted by atomic mass is 10.2. The maximum atomic E-state index is 12.1. The summed E-state index contributed by atoms with van der Waals surface area (Å²) < 4.78 is 1.16. The van der Waals surface area contributed by atoms with Crippen LogP contribution in [0.1, 0.15) is 30.0 Å². The first kappa shape index (κ1) is 14.0. The van der Waals surface area contributed by atoms with E-state index in [1.165, 1.54) is 6.07 Å². The van der Waals surface area contributed by atoms with Gasteiger partial charge in [0.2, 0.25) is 5.91 Å². The molecule has 1 aliphatic rings. The molecule has 2 aromatic rings. The smallest absolute Gasteiger partial charge is 0.267 e. The van der Waals surface area contributed by atoms with Crippen molar-refractivity contribution >= 4 is 11.6 Å². The standard InChI is InChI=1S/C16H14N4O2/c17-9-12-3-1-2-4-13(12)18-15(21)10-20-16(22)8-7-14(19-20)11-5-6-11/h1-4,7-8,11H,5-6,10H2,(H,18,21). The highest BCUT2D eigenvalue weighted by Crippen LogP contribution is 2.38.